The molecule has 0 bridgehead atoms. The summed E-state index contributed by atoms with van der Waals surface area (Å²) >= 11 is 0. The molecular formula is C21H35N5O10. The third-order valence-electron chi connectivity index (χ3n) is 5.37. The summed E-state index contributed by atoms with van der Waals surface area (Å²) in [6.07, 6.45) is -1.74. The number of carboxylic acid groups (broad SMARTS) is 3. The lowest BCUT2D eigenvalue weighted by atomic mass is 9.96. The maximum atomic E-state index is 13.0. The van der Waals surface area contributed by atoms with Crippen molar-refractivity contribution in [3.63, 3.8) is 0 Å². The zero-order chi connectivity index (χ0) is 28.0. The van der Waals surface area contributed by atoms with Crippen molar-refractivity contribution in [3.8, 4) is 0 Å². The summed E-state index contributed by atoms with van der Waals surface area (Å²) in [6, 6.07) is -5.42. The van der Waals surface area contributed by atoms with Gasteiger partial charge in [0.15, 0.2) is 0 Å². The van der Waals surface area contributed by atoms with Gasteiger partial charge in [0.05, 0.1) is 6.04 Å². The Kier molecular flexibility index (Phi) is 14.4. The number of carbonyl (C=O) groups excluding carboxylic acids is 4. The van der Waals surface area contributed by atoms with E-state index in [4.69, 9.17) is 21.7 Å². The van der Waals surface area contributed by atoms with Gasteiger partial charge in [0, 0.05) is 19.3 Å². The average molecular weight is 518 g/mol. The SMILES string of the molecule is CCC(C)C(NC(=O)C(N)CCC(=O)O)C(=O)NC(CCC(=O)O)C(=O)NC(CCC(N)=O)C(=O)O. The smallest absolute Gasteiger partial charge is 0.326 e. The Balaban J connectivity index is 5.61. The number of primary amides is 1. The Morgan fingerprint density at radius 2 is 1.22 bits per heavy atom. The molecule has 10 N–H and O–H groups in total. The summed E-state index contributed by atoms with van der Waals surface area (Å²) < 4.78 is 0. The Morgan fingerprint density at radius 3 is 1.69 bits per heavy atom. The van der Waals surface area contributed by atoms with Gasteiger partial charge in [-0.1, -0.05) is 20.3 Å². The fraction of sp³-hybridized carbons (Fsp3) is 0.667. The highest BCUT2D eigenvalue weighted by molar-refractivity contribution is 5.94. The number of hydrogen-bond acceptors (Lipinski definition) is 8. The zero-order valence-electron chi connectivity index (χ0n) is 20.2. The van der Waals surface area contributed by atoms with E-state index in [0.717, 1.165) is 0 Å². The van der Waals surface area contributed by atoms with Gasteiger partial charge < -0.3 is 42.7 Å². The molecule has 15 nitrogen and oxygen atoms in total. The van der Waals surface area contributed by atoms with Crippen molar-refractivity contribution in [2.45, 2.75) is 83.0 Å². The second kappa shape index (κ2) is 16.0. The quantitative estimate of drug-likeness (QED) is 0.0974. The van der Waals surface area contributed by atoms with Crippen LogP contribution in [-0.2, 0) is 33.6 Å². The van der Waals surface area contributed by atoms with Gasteiger partial charge in [-0.3, -0.25) is 28.8 Å². The van der Waals surface area contributed by atoms with E-state index in [1.807, 2.05) is 0 Å². The summed E-state index contributed by atoms with van der Waals surface area (Å²) in [7, 11) is 0. The van der Waals surface area contributed by atoms with Gasteiger partial charge in [-0.05, 0) is 25.2 Å². The summed E-state index contributed by atoms with van der Waals surface area (Å²) in [6.45, 7) is 3.36. The molecule has 0 radical (unpaired) electrons. The van der Waals surface area contributed by atoms with E-state index >= 15 is 0 Å². The van der Waals surface area contributed by atoms with Gasteiger partial charge in [-0.25, -0.2) is 4.79 Å². The van der Waals surface area contributed by atoms with Crippen LogP contribution in [0.1, 0.15) is 58.8 Å². The number of carboxylic acids is 3. The molecule has 0 fully saturated rings. The lowest BCUT2D eigenvalue weighted by molar-refractivity contribution is -0.143. The molecule has 0 saturated heterocycles. The first-order chi connectivity index (χ1) is 16.7. The van der Waals surface area contributed by atoms with E-state index in [0.29, 0.717) is 6.42 Å². The van der Waals surface area contributed by atoms with E-state index in [1.54, 1.807) is 13.8 Å². The van der Waals surface area contributed by atoms with Crippen molar-refractivity contribution in [3.05, 3.63) is 0 Å². The molecule has 4 amide bonds. The van der Waals surface area contributed by atoms with Crippen LogP contribution in [0.4, 0.5) is 0 Å². The number of nitrogens with one attached hydrogen (secondary N) is 3. The maximum absolute atomic E-state index is 13.0. The van der Waals surface area contributed by atoms with Crippen molar-refractivity contribution >= 4 is 41.5 Å². The van der Waals surface area contributed by atoms with E-state index in [-0.39, 0.29) is 25.7 Å². The summed E-state index contributed by atoms with van der Waals surface area (Å²) in [5.74, 6) is -7.80. The van der Waals surface area contributed by atoms with Crippen LogP contribution in [0.5, 0.6) is 0 Å². The highest BCUT2D eigenvalue weighted by Gasteiger charge is 2.32. The first kappa shape index (κ1) is 32.2. The molecule has 36 heavy (non-hydrogen) atoms. The molecule has 0 spiro atoms. The molecule has 0 aliphatic rings. The van der Waals surface area contributed by atoms with E-state index in [2.05, 4.69) is 16.0 Å². The molecular weight excluding hydrogens is 482 g/mol. The predicted octanol–water partition coefficient (Wildman–Crippen LogP) is -2.11. The van der Waals surface area contributed by atoms with Crippen molar-refractivity contribution < 1.29 is 48.9 Å². The highest BCUT2D eigenvalue weighted by atomic mass is 16.4. The molecule has 15 heteroatoms. The van der Waals surface area contributed by atoms with Crippen LogP contribution >= 0.6 is 0 Å². The standard InChI is InChI=1S/C21H35N5O10/c1-3-10(2)17(26-18(32)11(22)4-8-15(28)29)20(34)24-12(6-9-16(30)31)19(33)25-13(21(35)36)5-7-14(23)27/h10-13,17H,3-9,22H2,1-2H3,(H2,23,27)(H,24,34)(H,25,33)(H,26,32)(H,28,29)(H,30,31)(H,35,36). The van der Waals surface area contributed by atoms with Gasteiger partial charge in [-0.15, -0.1) is 0 Å². The molecule has 0 aromatic rings. The molecule has 0 saturated carbocycles. The average Bonchev–Trinajstić information content (AvgIpc) is 2.79. The van der Waals surface area contributed by atoms with Crippen molar-refractivity contribution in [1.82, 2.24) is 16.0 Å². The Hall–Kier alpha value is -3.75. The molecule has 0 aromatic carbocycles. The van der Waals surface area contributed by atoms with Gasteiger partial charge in [0.2, 0.25) is 23.6 Å². The second-order valence-electron chi connectivity index (χ2n) is 8.31. The lowest BCUT2D eigenvalue weighted by Gasteiger charge is -2.27. The van der Waals surface area contributed by atoms with Crippen LogP contribution in [0.2, 0.25) is 0 Å². The van der Waals surface area contributed by atoms with Crippen LogP contribution in [-0.4, -0.2) is 81.0 Å². The van der Waals surface area contributed by atoms with Crippen molar-refractivity contribution in [1.29, 1.82) is 0 Å². The summed E-state index contributed by atoms with van der Waals surface area (Å²) in [5.41, 5.74) is 10.7. The van der Waals surface area contributed by atoms with Gasteiger partial charge in [0.1, 0.15) is 18.1 Å². The number of rotatable bonds is 18. The van der Waals surface area contributed by atoms with Crippen LogP contribution in [0.3, 0.4) is 0 Å². The number of aliphatic carboxylic acids is 3. The minimum Gasteiger partial charge on any atom is -0.481 e. The largest absolute Gasteiger partial charge is 0.481 e. The second-order valence-corrected chi connectivity index (χ2v) is 8.31. The Labute approximate surface area is 207 Å². The summed E-state index contributed by atoms with van der Waals surface area (Å²) in [4.78, 5) is 82.3. The van der Waals surface area contributed by atoms with Crippen molar-refractivity contribution in [2.24, 2.45) is 17.4 Å². The molecule has 5 atom stereocenters. The van der Waals surface area contributed by atoms with Gasteiger partial charge >= 0.3 is 17.9 Å². The minimum absolute atomic E-state index is 0.179. The minimum atomic E-state index is -1.52. The lowest BCUT2D eigenvalue weighted by Crippen LogP contribution is -2.58. The summed E-state index contributed by atoms with van der Waals surface area (Å²) in [5, 5.41) is 34.0. The third kappa shape index (κ3) is 12.6. The first-order valence-corrected chi connectivity index (χ1v) is 11.3. The molecule has 0 heterocycles. The number of carbonyl (C=O) groups is 7. The monoisotopic (exact) mass is 517 g/mol. The van der Waals surface area contributed by atoms with Gasteiger partial charge in [0.25, 0.3) is 0 Å². The number of nitrogens with two attached hydrogens (primary N) is 2. The first-order valence-electron chi connectivity index (χ1n) is 11.3. The predicted molar refractivity (Wildman–Crippen MR) is 123 cm³/mol. The zero-order valence-corrected chi connectivity index (χ0v) is 20.2. The molecule has 0 aliphatic heterocycles. The van der Waals surface area contributed by atoms with Gasteiger partial charge in [-0.2, -0.15) is 0 Å². The normalized spacial score (nSPS) is 14.9. The Morgan fingerprint density at radius 1 is 0.722 bits per heavy atom. The number of hydrogen-bond donors (Lipinski definition) is 8. The Bertz CT molecular complexity index is 834. The fourth-order valence-electron chi connectivity index (χ4n) is 2.99. The topological polar surface area (TPSA) is 268 Å². The fourth-order valence-corrected chi connectivity index (χ4v) is 2.99. The third-order valence-corrected chi connectivity index (χ3v) is 5.37. The molecule has 204 valence electrons. The maximum Gasteiger partial charge on any atom is 0.326 e. The highest BCUT2D eigenvalue weighted by Crippen LogP contribution is 2.11. The molecule has 0 aromatic heterocycles. The number of amides is 4. The van der Waals surface area contributed by atoms with Crippen LogP contribution in [0, 0.1) is 5.92 Å². The van der Waals surface area contributed by atoms with Crippen LogP contribution < -0.4 is 27.4 Å². The molecule has 0 rings (SSSR count). The van der Waals surface area contributed by atoms with Crippen molar-refractivity contribution in [2.75, 3.05) is 0 Å². The molecule has 5 unspecified atom stereocenters. The van der Waals surface area contributed by atoms with Crippen LogP contribution in [0.25, 0.3) is 0 Å². The van der Waals surface area contributed by atoms with Crippen LogP contribution in [0.15, 0.2) is 0 Å². The van der Waals surface area contributed by atoms with E-state index in [9.17, 15) is 38.7 Å². The molecule has 0 aliphatic carbocycles. The van der Waals surface area contributed by atoms with E-state index in [1.165, 1.54) is 0 Å². The van der Waals surface area contributed by atoms with E-state index < -0.39 is 84.5 Å².